The molecule has 2 atom stereocenters. The predicted molar refractivity (Wildman–Crippen MR) is 127 cm³/mol. The van der Waals surface area contributed by atoms with Gasteiger partial charge in [0.15, 0.2) is 5.78 Å². The van der Waals surface area contributed by atoms with Crippen LogP contribution in [0, 0.1) is 0 Å². The first kappa shape index (κ1) is 22.5. The first-order valence-corrected chi connectivity index (χ1v) is 11.3. The van der Waals surface area contributed by atoms with Gasteiger partial charge in [0.25, 0.3) is 0 Å². The molecule has 0 spiro atoms. The molecular formula is C25H30BrN2O2+. The maximum Gasteiger partial charge on any atom is 0.185 e. The van der Waals surface area contributed by atoms with Crippen LogP contribution in [0.25, 0.3) is 17.0 Å². The summed E-state index contributed by atoms with van der Waals surface area (Å²) in [6, 6.07) is 15.5. The number of rotatable bonds is 10. The first-order valence-electron chi connectivity index (χ1n) is 10.5. The number of ketones is 1. The highest BCUT2D eigenvalue weighted by atomic mass is 79.9. The quantitative estimate of drug-likeness (QED) is 0.348. The van der Waals surface area contributed by atoms with Crippen LogP contribution in [-0.4, -0.2) is 41.7 Å². The van der Waals surface area contributed by atoms with Gasteiger partial charge >= 0.3 is 0 Å². The van der Waals surface area contributed by atoms with Crippen LogP contribution in [-0.2, 0) is 6.54 Å². The molecule has 0 fully saturated rings. The number of carbonyl (C=O) groups is 1. The van der Waals surface area contributed by atoms with Gasteiger partial charge in [0, 0.05) is 32.7 Å². The zero-order chi connectivity index (χ0) is 21.5. The van der Waals surface area contributed by atoms with E-state index in [0.717, 1.165) is 34.0 Å². The number of allylic oxidation sites excluding steroid dienone is 1. The molecule has 5 heteroatoms. The lowest BCUT2D eigenvalue weighted by atomic mass is 10.1. The van der Waals surface area contributed by atoms with Crippen molar-refractivity contribution in [3.05, 3.63) is 76.4 Å². The Morgan fingerprint density at radius 3 is 2.67 bits per heavy atom. The van der Waals surface area contributed by atoms with Crippen molar-refractivity contribution in [1.82, 2.24) is 4.57 Å². The fourth-order valence-corrected chi connectivity index (χ4v) is 3.97. The number of hydrogen-bond donors (Lipinski definition) is 2. The number of aliphatic hydroxyl groups excluding tert-OH is 1. The molecule has 4 nitrogen and oxygen atoms in total. The highest BCUT2D eigenvalue weighted by molar-refractivity contribution is 9.10. The summed E-state index contributed by atoms with van der Waals surface area (Å²) in [5.74, 6) is -0.0273. The SMILES string of the molecule is CCCC[NH+](C)C[C@@H](O)Cn1cc(/C=C/C(=O)c2ccc(Br)cc2)c2ccccc21. The maximum absolute atomic E-state index is 12.5. The van der Waals surface area contributed by atoms with Crippen LogP contribution >= 0.6 is 15.9 Å². The zero-order valence-corrected chi connectivity index (χ0v) is 19.2. The predicted octanol–water partition coefficient (Wildman–Crippen LogP) is 3.98. The van der Waals surface area contributed by atoms with Gasteiger partial charge in [-0.1, -0.05) is 47.5 Å². The van der Waals surface area contributed by atoms with Crippen LogP contribution in [0.1, 0.15) is 35.7 Å². The molecule has 30 heavy (non-hydrogen) atoms. The second-order valence-electron chi connectivity index (χ2n) is 7.88. The van der Waals surface area contributed by atoms with E-state index in [2.05, 4.69) is 46.6 Å². The molecule has 0 aliphatic carbocycles. The lowest BCUT2D eigenvalue weighted by molar-refractivity contribution is -0.883. The lowest BCUT2D eigenvalue weighted by Gasteiger charge is -2.18. The Kier molecular flexibility index (Phi) is 8.02. The van der Waals surface area contributed by atoms with Crippen LogP contribution in [0.5, 0.6) is 0 Å². The third kappa shape index (κ3) is 5.91. The minimum atomic E-state index is -0.418. The molecule has 3 rings (SSSR count). The lowest BCUT2D eigenvalue weighted by Crippen LogP contribution is -3.10. The van der Waals surface area contributed by atoms with Gasteiger partial charge in [0.05, 0.1) is 20.1 Å². The van der Waals surface area contributed by atoms with E-state index in [-0.39, 0.29) is 5.78 Å². The Labute approximate surface area is 186 Å². The monoisotopic (exact) mass is 469 g/mol. The molecule has 0 amide bonds. The third-order valence-electron chi connectivity index (χ3n) is 5.31. The summed E-state index contributed by atoms with van der Waals surface area (Å²) in [5, 5.41) is 11.7. The number of halogens is 1. The molecule has 0 aliphatic rings. The van der Waals surface area contributed by atoms with E-state index in [0.29, 0.717) is 12.1 Å². The molecule has 3 aromatic rings. The molecule has 0 radical (unpaired) electrons. The van der Waals surface area contributed by atoms with Crippen molar-refractivity contribution >= 4 is 38.7 Å². The standard InChI is InChI=1S/C25H29BrN2O2/c1-3-4-15-27(2)17-22(29)18-28-16-20(23-7-5-6-8-24(23)28)11-14-25(30)19-9-12-21(26)13-10-19/h5-14,16,22,29H,3-4,15,17-18H2,1-2H3/p+1/b14-11+/t22-/m1/s1. The van der Waals surface area contributed by atoms with Crippen molar-refractivity contribution in [3.8, 4) is 0 Å². The van der Waals surface area contributed by atoms with E-state index >= 15 is 0 Å². The Morgan fingerprint density at radius 2 is 1.93 bits per heavy atom. The van der Waals surface area contributed by atoms with Gasteiger partial charge < -0.3 is 14.6 Å². The number of quaternary nitrogens is 1. The summed E-state index contributed by atoms with van der Waals surface area (Å²) in [6.07, 6.45) is 7.44. The fraction of sp³-hybridized carbons (Fsp3) is 0.320. The smallest absolute Gasteiger partial charge is 0.185 e. The van der Waals surface area contributed by atoms with E-state index in [1.54, 1.807) is 6.08 Å². The third-order valence-corrected chi connectivity index (χ3v) is 5.84. The molecule has 158 valence electrons. The summed E-state index contributed by atoms with van der Waals surface area (Å²) in [4.78, 5) is 13.9. The minimum absolute atomic E-state index is 0.0273. The van der Waals surface area contributed by atoms with E-state index in [1.807, 2.05) is 48.7 Å². The molecule has 0 saturated carbocycles. The number of benzene rings is 2. The van der Waals surface area contributed by atoms with Crippen LogP contribution in [0.15, 0.2) is 65.3 Å². The van der Waals surface area contributed by atoms with Crippen molar-refractivity contribution in [2.45, 2.75) is 32.4 Å². The summed E-state index contributed by atoms with van der Waals surface area (Å²) in [6.45, 7) is 4.52. The molecule has 2 N–H and O–H groups in total. The normalized spacial score (nSPS) is 13.7. The molecule has 1 heterocycles. The van der Waals surface area contributed by atoms with Crippen LogP contribution in [0.3, 0.4) is 0 Å². The van der Waals surface area contributed by atoms with Gasteiger partial charge in [-0.2, -0.15) is 0 Å². The van der Waals surface area contributed by atoms with Crippen molar-refractivity contribution < 1.29 is 14.8 Å². The Balaban J connectivity index is 1.76. The van der Waals surface area contributed by atoms with Gasteiger partial charge in [-0.25, -0.2) is 0 Å². The van der Waals surface area contributed by atoms with Crippen molar-refractivity contribution in [2.24, 2.45) is 0 Å². The number of aliphatic hydroxyl groups is 1. The summed E-state index contributed by atoms with van der Waals surface area (Å²) in [5.41, 5.74) is 2.71. The molecule has 2 aromatic carbocycles. The largest absolute Gasteiger partial charge is 0.385 e. The van der Waals surface area contributed by atoms with Crippen molar-refractivity contribution in [3.63, 3.8) is 0 Å². The number of hydrogen-bond acceptors (Lipinski definition) is 2. The molecule has 1 aromatic heterocycles. The van der Waals surface area contributed by atoms with Crippen molar-refractivity contribution in [2.75, 3.05) is 20.1 Å². The molecule has 0 bridgehead atoms. The maximum atomic E-state index is 12.5. The summed E-state index contributed by atoms with van der Waals surface area (Å²) < 4.78 is 3.04. The van der Waals surface area contributed by atoms with E-state index < -0.39 is 6.10 Å². The van der Waals surface area contributed by atoms with Gasteiger partial charge in [-0.15, -0.1) is 0 Å². The van der Waals surface area contributed by atoms with E-state index in [4.69, 9.17) is 0 Å². The zero-order valence-electron chi connectivity index (χ0n) is 17.6. The molecule has 0 aliphatic heterocycles. The number of para-hydroxylation sites is 1. The number of aromatic nitrogens is 1. The second-order valence-corrected chi connectivity index (χ2v) is 8.79. The average molecular weight is 470 g/mol. The molecule has 1 unspecified atom stereocenters. The van der Waals surface area contributed by atoms with E-state index in [1.165, 1.54) is 17.7 Å². The molecular weight excluding hydrogens is 440 g/mol. The van der Waals surface area contributed by atoms with Crippen LogP contribution in [0.2, 0.25) is 0 Å². The summed E-state index contributed by atoms with van der Waals surface area (Å²) >= 11 is 3.39. The van der Waals surface area contributed by atoms with Crippen LogP contribution < -0.4 is 4.90 Å². The number of unbranched alkanes of at least 4 members (excludes halogenated alkanes) is 1. The number of nitrogens with zero attached hydrogens (tertiary/aromatic N) is 1. The summed E-state index contributed by atoms with van der Waals surface area (Å²) in [7, 11) is 2.13. The van der Waals surface area contributed by atoms with E-state index in [9.17, 15) is 9.90 Å². The van der Waals surface area contributed by atoms with Gasteiger partial charge in [-0.05, 0) is 48.9 Å². The Morgan fingerprint density at radius 1 is 1.20 bits per heavy atom. The first-order chi connectivity index (χ1) is 14.5. The fourth-order valence-electron chi connectivity index (χ4n) is 3.71. The number of carbonyl (C=O) groups excluding carboxylic acids is 1. The number of likely N-dealkylation sites (N-methyl/N-ethyl adjacent to an activating group) is 1. The van der Waals surface area contributed by atoms with Crippen molar-refractivity contribution in [1.29, 1.82) is 0 Å². The molecule has 0 saturated heterocycles. The van der Waals surface area contributed by atoms with Crippen LogP contribution in [0.4, 0.5) is 0 Å². The highest BCUT2D eigenvalue weighted by Gasteiger charge is 2.14. The Bertz CT molecular complexity index is 1010. The van der Waals surface area contributed by atoms with Gasteiger partial charge in [0.2, 0.25) is 0 Å². The number of nitrogens with one attached hydrogen (secondary N) is 1. The minimum Gasteiger partial charge on any atom is -0.385 e. The Hall–Kier alpha value is -2.21. The highest BCUT2D eigenvalue weighted by Crippen LogP contribution is 2.23. The number of fused-ring (bicyclic) bond motifs is 1. The topological polar surface area (TPSA) is 46.7 Å². The average Bonchev–Trinajstić information content (AvgIpc) is 3.08. The second kappa shape index (κ2) is 10.7. The van der Waals surface area contributed by atoms with Gasteiger partial charge in [0.1, 0.15) is 12.6 Å². The van der Waals surface area contributed by atoms with Gasteiger partial charge in [-0.3, -0.25) is 4.79 Å².